The minimum Gasteiger partial charge on any atom is -0.482 e. The number of halogens is 1. The average Bonchev–Trinajstić information content (AvgIpc) is 2.61. The van der Waals surface area contributed by atoms with Gasteiger partial charge < -0.3 is 14.8 Å². The summed E-state index contributed by atoms with van der Waals surface area (Å²) in [7, 11) is 0. The monoisotopic (exact) mass is 431 g/mol. The number of ether oxygens (including phenoxy) is 2. The first-order valence-corrected chi connectivity index (χ1v) is 9.79. The minimum absolute atomic E-state index is 0.0152. The summed E-state index contributed by atoms with van der Waals surface area (Å²) < 4.78 is 11.3. The Morgan fingerprint density at radius 1 is 1.15 bits per heavy atom. The van der Waals surface area contributed by atoms with Crippen LogP contribution in [0.3, 0.4) is 0 Å². The van der Waals surface area contributed by atoms with E-state index in [1.54, 1.807) is 25.1 Å². The highest BCUT2D eigenvalue weighted by Gasteiger charge is 2.45. The Labute approximate surface area is 167 Å². The first kappa shape index (κ1) is 19.4. The van der Waals surface area contributed by atoms with Crippen LogP contribution in [0.15, 0.2) is 53.0 Å². The molecule has 1 amide bonds. The zero-order chi connectivity index (χ0) is 19.3. The standard InChI is InChI=1S/C21H22BrNO4/c1-2-26-19(24)14-27-18-6-3-5-17(13-18)23-20(25)21(11-4-12-21)15-7-9-16(22)10-8-15/h3,5-10,13H,2,4,11-12,14H2,1H3,(H,23,25). The summed E-state index contributed by atoms with van der Waals surface area (Å²) in [6.07, 6.45) is 2.70. The molecule has 0 atom stereocenters. The number of benzene rings is 2. The smallest absolute Gasteiger partial charge is 0.344 e. The van der Waals surface area contributed by atoms with Gasteiger partial charge in [0.05, 0.1) is 12.0 Å². The second-order valence-corrected chi connectivity index (χ2v) is 7.43. The van der Waals surface area contributed by atoms with Gasteiger partial charge in [-0.15, -0.1) is 0 Å². The maximum absolute atomic E-state index is 13.0. The van der Waals surface area contributed by atoms with Crippen molar-refractivity contribution in [2.24, 2.45) is 0 Å². The number of rotatable bonds is 7. The molecule has 0 spiro atoms. The molecule has 27 heavy (non-hydrogen) atoms. The Kier molecular flexibility index (Phi) is 6.16. The molecule has 5 nitrogen and oxygen atoms in total. The number of carbonyl (C=O) groups is 2. The van der Waals surface area contributed by atoms with Crippen molar-refractivity contribution in [1.29, 1.82) is 0 Å². The highest BCUT2D eigenvalue weighted by atomic mass is 79.9. The molecule has 142 valence electrons. The lowest BCUT2D eigenvalue weighted by Crippen LogP contribution is -2.46. The topological polar surface area (TPSA) is 64.6 Å². The molecule has 6 heteroatoms. The fraction of sp³-hybridized carbons (Fsp3) is 0.333. The predicted molar refractivity (Wildman–Crippen MR) is 107 cm³/mol. The van der Waals surface area contributed by atoms with Crippen LogP contribution in [0.2, 0.25) is 0 Å². The van der Waals surface area contributed by atoms with Crippen LogP contribution in [0, 0.1) is 0 Å². The number of carbonyl (C=O) groups excluding carboxylic acids is 2. The third kappa shape index (κ3) is 4.50. The van der Waals surface area contributed by atoms with Crippen molar-refractivity contribution >= 4 is 33.5 Å². The van der Waals surface area contributed by atoms with Gasteiger partial charge in [-0.3, -0.25) is 4.79 Å². The fourth-order valence-electron chi connectivity index (χ4n) is 3.21. The van der Waals surface area contributed by atoms with Gasteiger partial charge in [-0.25, -0.2) is 4.79 Å². The molecule has 0 aliphatic heterocycles. The molecule has 1 aliphatic rings. The maximum Gasteiger partial charge on any atom is 0.344 e. The highest BCUT2D eigenvalue weighted by Crippen LogP contribution is 2.45. The molecule has 1 N–H and O–H groups in total. The second kappa shape index (κ2) is 8.57. The van der Waals surface area contributed by atoms with Gasteiger partial charge in [-0.2, -0.15) is 0 Å². The van der Waals surface area contributed by atoms with Crippen LogP contribution in [0.1, 0.15) is 31.7 Å². The van der Waals surface area contributed by atoms with Crippen molar-refractivity contribution in [2.45, 2.75) is 31.6 Å². The van der Waals surface area contributed by atoms with Gasteiger partial charge in [-0.05, 0) is 49.6 Å². The summed E-state index contributed by atoms with van der Waals surface area (Å²) in [5.41, 5.74) is 1.19. The molecule has 1 saturated carbocycles. The average molecular weight is 432 g/mol. The number of hydrogen-bond donors (Lipinski definition) is 1. The zero-order valence-corrected chi connectivity index (χ0v) is 16.8. The molecule has 1 aliphatic carbocycles. The quantitative estimate of drug-likeness (QED) is 0.657. The summed E-state index contributed by atoms with van der Waals surface area (Å²) in [6, 6.07) is 15.0. The SMILES string of the molecule is CCOC(=O)COc1cccc(NC(=O)C2(c3ccc(Br)cc3)CCC2)c1. The lowest BCUT2D eigenvalue weighted by molar-refractivity contribution is -0.145. The fourth-order valence-corrected chi connectivity index (χ4v) is 3.47. The van der Waals surface area contributed by atoms with Crippen LogP contribution in [0.5, 0.6) is 5.75 Å². The highest BCUT2D eigenvalue weighted by molar-refractivity contribution is 9.10. The van der Waals surface area contributed by atoms with Gasteiger partial charge in [-0.1, -0.05) is 40.5 Å². The third-order valence-electron chi connectivity index (χ3n) is 4.79. The van der Waals surface area contributed by atoms with Crippen LogP contribution in [0.25, 0.3) is 0 Å². The Morgan fingerprint density at radius 3 is 2.52 bits per heavy atom. The van der Waals surface area contributed by atoms with Crippen molar-refractivity contribution in [2.75, 3.05) is 18.5 Å². The Bertz CT molecular complexity index is 815. The summed E-state index contributed by atoms with van der Waals surface area (Å²) >= 11 is 3.44. The molecular weight excluding hydrogens is 410 g/mol. The van der Waals surface area contributed by atoms with Gasteiger partial charge in [0.1, 0.15) is 5.75 Å². The molecule has 2 aromatic rings. The third-order valence-corrected chi connectivity index (χ3v) is 5.32. The van der Waals surface area contributed by atoms with Gasteiger partial charge in [0.25, 0.3) is 0 Å². The van der Waals surface area contributed by atoms with Crippen LogP contribution in [0.4, 0.5) is 5.69 Å². The Morgan fingerprint density at radius 2 is 1.89 bits per heavy atom. The van der Waals surface area contributed by atoms with Crippen molar-refractivity contribution in [1.82, 2.24) is 0 Å². The number of amides is 1. The van der Waals surface area contributed by atoms with Gasteiger partial charge in [0.2, 0.25) is 5.91 Å². The number of esters is 1. The molecule has 0 unspecified atom stereocenters. The van der Waals surface area contributed by atoms with E-state index in [-0.39, 0.29) is 12.5 Å². The molecule has 0 saturated heterocycles. The Hall–Kier alpha value is -2.34. The molecule has 3 rings (SSSR count). The lowest BCUT2D eigenvalue weighted by Gasteiger charge is -2.40. The molecule has 0 bridgehead atoms. The van der Waals surface area contributed by atoms with E-state index in [4.69, 9.17) is 9.47 Å². The predicted octanol–water partition coefficient (Wildman–Crippen LogP) is 4.45. The van der Waals surface area contributed by atoms with E-state index >= 15 is 0 Å². The van der Waals surface area contributed by atoms with E-state index in [0.29, 0.717) is 18.0 Å². The van der Waals surface area contributed by atoms with Crippen molar-refractivity contribution < 1.29 is 19.1 Å². The molecule has 1 fully saturated rings. The van der Waals surface area contributed by atoms with E-state index in [1.807, 2.05) is 30.3 Å². The van der Waals surface area contributed by atoms with E-state index in [9.17, 15) is 9.59 Å². The van der Waals surface area contributed by atoms with Crippen molar-refractivity contribution in [3.63, 3.8) is 0 Å². The van der Waals surface area contributed by atoms with Crippen LogP contribution < -0.4 is 10.1 Å². The number of hydrogen-bond acceptors (Lipinski definition) is 4. The van der Waals surface area contributed by atoms with Crippen molar-refractivity contribution in [3.8, 4) is 5.75 Å². The summed E-state index contributed by atoms with van der Waals surface area (Å²) in [6.45, 7) is 1.90. The normalized spacial score (nSPS) is 14.7. The summed E-state index contributed by atoms with van der Waals surface area (Å²) in [4.78, 5) is 24.4. The first-order valence-electron chi connectivity index (χ1n) is 8.99. The molecule has 0 radical (unpaired) electrons. The molecule has 0 aromatic heterocycles. The Balaban J connectivity index is 1.69. The van der Waals surface area contributed by atoms with Gasteiger partial charge in [0, 0.05) is 16.2 Å². The summed E-state index contributed by atoms with van der Waals surface area (Å²) in [5, 5.41) is 3.00. The minimum atomic E-state index is -0.484. The second-order valence-electron chi connectivity index (χ2n) is 6.52. The summed E-state index contributed by atoms with van der Waals surface area (Å²) in [5.74, 6) is 0.0707. The molecule has 2 aromatic carbocycles. The molecular formula is C21H22BrNO4. The van der Waals surface area contributed by atoms with Crippen LogP contribution >= 0.6 is 15.9 Å². The number of nitrogens with one attached hydrogen (secondary N) is 1. The van der Waals surface area contributed by atoms with E-state index in [0.717, 1.165) is 29.3 Å². The maximum atomic E-state index is 13.0. The van der Waals surface area contributed by atoms with Gasteiger partial charge in [0.15, 0.2) is 6.61 Å². The van der Waals surface area contributed by atoms with Crippen LogP contribution in [-0.4, -0.2) is 25.1 Å². The largest absolute Gasteiger partial charge is 0.482 e. The van der Waals surface area contributed by atoms with E-state index < -0.39 is 11.4 Å². The zero-order valence-electron chi connectivity index (χ0n) is 15.2. The first-order chi connectivity index (χ1) is 13.0. The lowest BCUT2D eigenvalue weighted by atomic mass is 9.64. The van der Waals surface area contributed by atoms with E-state index in [2.05, 4.69) is 21.2 Å². The number of anilines is 1. The van der Waals surface area contributed by atoms with Gasteiger partial charge >= 0.3 is 5.97 Å². The van der Waals surface area contributed by atoms with Crippen LogP contribution in [-0.2, 0) is 19.7 Å². The van der Waals surface area contributed by atoms with Crippen molar-refractivity contribution in [3.05, 3.63) is 58.6 Å². The molecule has 0 heterocycles. The van der Waals surface area contributed by atoms with E-state index in [1.165, 1.54) is 0 Å².